The first-order valence-corrected chi connectivity index (χ1v) is 10.9. The lowest BCUT2D eigenvalue weighted by Crippen LogP contribution is -2.37. The lowest BCUT2D eigenvalue weighted by molar-refractivity contribution is -0.118. The fourth-order valence-corrected chi connectivity index (χ4v) is 3.67. The highest BCUT2D eigenvalue weighted by Crippen LogP contribution is 2.28. The second-order valence-electron chi connectivity index (χ2n) is 8.24. The van der Waals surface area contributed by atoms with E-state index in [0.29, 0.717) is 23.1 Å². The quantitative estimate of drug-likeness (QED) is 0.694. The Balaban J connectivity index is 1.53. The van der Waals surface area contributed by atoms with Gasteiger partial charge in [0.2, 0.25) is 0 Å². The van der Waals surface area contributed by atoms with Gasteiger partial charge in [0.05, 0.1) is 0 Å². The smallest absolute Gasteiger partial charge is 0.262 e. The Hall–Kier alpha value is -2.82. The molecule has 0 aliphatic carbocycles. The third-order valence-electron chi connectivity index (χ3n) is 5.91. The highest BCUT2D eigenvalue weighted by atomic mass is 16.5. The van der Waals surface area contributed by atoms with Crippen LogP contribution in [0.4, 0.5) is 5.69 Å². The third kappa shape index (κ3) is 5.62. The van der Waals surface area contributed by atoms with Crippen molar-refractivity contribution in [2.45, 2.75) is 46.0 Å². The van der Waals surface area contributed by atoms with Gasteiger partial charge in [-0.15, -0.1) is 0 Å². The molecule has 3 rings (SSSR count). The molecular weight excluding hydrogens is 376 g/mol. The molecule has 0 saturated carbocycles. The van der Waals surface area contributed by atoms with Crippen LogP contribution in [0.2, 0.25) is 0 Å². The molecule has 2 amide bonds. The van der Waals surface area contributed by atoms with Crippen LogP contribution in [0.25, 0.3) is 0 Å². The van der Waals surface area contributed by atoms with Crippen molar-refractivity contribution in [2.75, 3.05) is 25.0 Å². The van der Waals surface area contributed by atoms with E-state index in [1.165, 1.54) is 0 Å². The van der Waals surface area contributed by atoms with Crippen molar-refractivity contribution in [3.8, 4) is 5.75 Å². The summed E-state index contributed by atoms with van der Waals surface area (Å²) in [5, 5.41) is 2.84. The van der Waals surface area contributed by atoms with Crippen molar-refractivity contribution in [3.63, 3.8) is 0 Å². The molecule has 0 aromatic heterocycles. The van der Waals surface area contributed by atoms with E-state index >= 15 is 0 Å². The number of nitrogens with zero attached hydrogens (tertiary/aromatic N) is 1. The second-order valence-corrected chi connectivity index (χ2v) is 8.24. The topological polar surface area (TPSA) is 58.6 Å². The van der Waals surface area contributed by atoms with Crippen LogP contribution < -0.4 is 10.1 Å². The van der Waals surface area contributed by atoms with Gasteiger partial charge in [-0.05, 0) is 67.0 Å². The fraction of sp³-hybridized carbons (Fsp3) is 0.440. The fourth-order valence-electron chi connectivity index (χ4n) is 3.67. The molecule has 5 heteroatoms. The zero-order chi connectivity index (χ0) is 21.5. The van der Waals surface area contributed by atoms with E-state index in [-0.39, 0.29) is 18.4 Å². The Morgan fingerprint density at radius 1 is 1.10 bits per heavy atom. The van der Waals surface area contributed by atoms with Crippen LogP contribution in [0, 0.1) is 5.92 Å². The van der Waals surface area contributed by atoms with Crippen LogP contribution in [0.5, 0.6) is 5.75 Å². The summed E-state index contributed by atoms with van der Waals surface area (Å²) in [5.41, 5.74) is 2.42. The molecule has 1 saturated heterocycles. The van der Waals surface area contributed by atoms with Crippen LogP contribution in [0.1, 0.15) is 61.9 Å². The van der Waals surface area contributed by atoms with Crippen molar-refractivity contribution in [1.82, 2.24) is 4.90 Å². The number of rotatable bonds is 7. The monoisotopic (exact) mass is 408 g/mol. The number of hydrogen-bond donors (Lipinski definition) is 1. The molecular formula is C25H32N2O3. The maximum absolute atomic E-state index is 12.6. The Morgan fingerprint density at radius 2 is 1.77 bits per heavy atom. The molecule has 1 unspecified atom stereocenters. The summed E-state index contributed by atoms with van der Waals surface area (Å²) in [4.78, 5) is 26.9. The number of benzene rings is 2. The molecule has 1 heterocycles. The van der Waals surface area contributed by atoms with E-state index in [1.54, 1.807) is 24.3 Å². The minimum absolute atomic E-state index is 0.0555. The number of para-hydroxylation sites is 1. The molecule has 160 valence electrons. The number of carbonyl (C=O) groups is 2. The molecule has 0 bridgehead atoms. The maximum atomic E-state index is 12.6. The molecule has 1 atom stereocenters. The Bertz CT molecular complexity index is 855. The molecule has 1 aliphatic rings. The van der Waals surface area contributed by atoms with Crippen LogP contribution in [0.15, 0.2) is 48.5 Å². The Kier molecular flexibility index (Phi) is 7.50. The first-order valence-electron chi connectivity index (χ1n) is 10.9. The zero-order valence-corrected chi connectivity index (χ0v) is 18.2. The summed E-state index contributed by atoms with van der Waals surface area (Å²) in [6.45, 7) is 8.08. The van der Waals surface area contributed by atoms with Crippen LogP contribution in [0.3, 0.4) is 0 Å². The standard InChI is InChI=1S/C25H32N2O3/c1-4-19(3)22-7-5-6-8-23(22)30-17-24(28)26-21-11-9-20(10-12-21)25(29)27-15-13-18(2)14-16-27/h5-12,18-19H,4,13-17H2,1-3H3,(H,26,28). The van der Waals surface area contributed by atoms with Gasteiger partial charge in [-0.2, -0.15) is 0 Å². The van der Waals surface area contributed by atoms with Gasteiger partial charge in [0.15, 0.2) is 6.61 Å². The van der Waals surface area contributed by atoms with Gasteiger partial charge in [-0.25, -0.2) is 0 Å². The van der Waals surface area contributed by atoms with Crippen molar-refractivity contribution >= 4 is 17.5 Å². The molecule has 1 N–H and O–H groups in total. The SMILES string of the molecule is CCC(C)c1ccccc1OCC(=O)Nc1ccc(C(=O)N2CCC(C)CC2)cc1. The Labute approximate surface area is 179 Å². The van der Waals surface area contributed by atoms with E-state index in [4.69, 9.17) is 4.74 Å². The minimum atomic E-state index is -0.224. The number of carbonyl (C=O) groups excluding carboxylic acids is 2. The molecule has 5 nitrogen and oxygen atoms in total. The van der Waals surface area contributed by atoms with Crippen LogP contribution in [-0.4, -0.2) is 36.4 Å². The molecule has 1 aliphatic heterocycles. The highest BCUT2D eigenvalue weighted by Gasteiger charge is 2.21. The predicted molar refractivity (Wildman–Crippen MR) is 120 cm³/mol. The first-order chi connectivity index (χ1) is 14.5. The average molecular weight is 409 g/mol. The van der Waals surface area contributed by atoms with Gasteiger partial charge >= 0.3 is 0 Å². The number of anilines is 1. The van der Waals surface area contributed by atoms with E-state index in [0.717, 1.165) is 43.7 Å². The van der Waals surface area contributed by atoms with Crippen molar-refractivity contribution in [1.29, 1.82) is 0 Å². The summed E-state index contributed by atoms with van der Waals surface area (Å²) in [7, 11) is 0. The number of hydrogen-bond acceptors (Lipinski definition) is 3. The number of ether oxygens (including phenoxy) is 1. The summed E-state index contributed by atoms with van der Waals surface area (Å²) < 4.78 is 5.77. The third-order valence-corrected chi connectivity index (χ3v) is 5.91. The van der Waals surface area contributed by atoms with Crippen molar-refractivity contribution in [3.05, 3.63) is 59.7 Å². The lowest BCUT2D eigenvalue weighted by atomic mass is 9.98. The zero-order valence-electron chi connectivity index (χ0n) is 18.2. The largest absolute Gasteiger partial charge is 0.483 e. The van der Waals surface area contributed by atoms with E-state index < -0.39 is 0 Å². The normalized spacial score (nSPS) is 15.5. The van der Waals surface area contributed by atoms with Crippen molar-refractivity contribution in [2.24, 2.45) is 5.92 Å². The molecule has 30 heavy (non-hydrogen) atoms. The van der Waals surface area contributed by atoms with E-state index in [2.05, 4.69) is 26.1 Å². The second kappa shape index (κ2) is 10.3. The molecule has 2 aromatic carbocycles. The van der Waals surface area contributed by atoms with Gasteiger partial charge in [0, 0.05) is 24.3 Å². The van der Waals surface area contributed by atoms with Gasteiger partial charge in [0.1, 0.15) is 5.75 Å². The Morgan fingerprint density at radius 3 is 2.43 bits per heavy atom. The number of nitrogens with one attached hydrogen (secondary N) is 1. The summed E-state index contributed by atoms with van der Waals surface area (Å²) in [6, 6.07) is 14.9. The molecule has 2 aromatic rings. The van der Waals surface area contributed by atoms with Crippen molar-refractivity contribution < 1.29 is 14.3 Å². The van der Waals surface area contributed by atoms with E-state index in [9.17, 15) is 9.59 Å². The highest BCUT2D eigenvalue weighted by molar-refractivity contribution is 5.96. The minimum Gasteiger partial charge on any atom is -0.483 e. The molecule has 1 fully saturated rings. The maximum Gasteiger partial charge on any atom is 0.262 e. The van der Waals surface area contributed by atoms with E-state index in [1.807, 2.05) is 29.2 Å². The van der Waals surface area contributed by atoms with Gasteiger partial charge < -0.3 is 15.0 Å². The lowest BCUT2D eigenvalue weighted by Gasteiger charge is -2.30. The summed E-state index contributed by atoms with van der Waals surface area (Å²) in [6.07, 6.45) is 3.12. The molecule has 0 spiro atoms. The molecule has 0 radical (unpaired) electrons. The predicted octanol–water partition coefficient (Wildman–Crippen LogP) is 5.09. The summed E-state index contributed by atoms with van der Waals surface area (Å²) in [5.74, 6) is 1.64. The number of piperidine rings is 1. The summed E-state index contributed by atoms with van der Waals surface area (Å²) >= 11 is 0. The van der Waals surface area contributed by atoms with Crippen LogP contribution in [-0.2, 0) is 4.79 Å². The van der Waals surface area contributed by atoms with Crippen LogP contribution >= 0.6 is 0 Å². The number of amides is 2. The number of likely N-dealkylation sites (tertiary alicyclic amines) is 1. The van der Waals surface area contributed by atoms with Gasteiger partial charge in [0.25, 0.3) is 11.8 Å². The van der Waals surface area contributed by atoms with Gasteiger partial charge in [-0.1, -0.05) is 39.0 Å². The average Bonchev–Trinajstić information content (AvgIpc) is 2.78. The first kappa shape index (κ1) is 21.9. The van der Waals surface area contributed by atoms with Gasteiger partial charge in [-0.3, -0.25) is 9.59 Å².